The molecule has 1 aliphatic heterocycles. The summed E-state index contributed by atoms with van der Waals surface area (Å²) < 4.78 is 0. The van der Waals surface area contributed by atoms with Crippen LogP contribution < -0.4 is 5.43 Å². The number of hydrogen-bond donors (Lipinski definition) is 1. The van der Waals surface area contributed by atoms with E-state index in [4.69, 9.17) is 10.1 Å². The van der Waals surface area contributed by atoms with Gasteiger partial charge in [-0.3, -0.25) is 20.5 Å². The Morgan fingerprint density at radius 2 is 2.16 bits per heavy atom. The highest BCUT2D eigenvalue weighted by Crippen LogP contribution is 2.06. The summed E-state index contributed by atoms with van der Waals surface area (Å²) in [7, 11) is 0. The fourth-order valence-electron chi connectivity index (χ4n) is 1.76. The van der Waals surface area contributed by atoms with Crippen LogP contribution in [0.15, 0.2) is 37.3 Å². The van der Waals surface area contributed by atoms with Gasteiger partial charge in [-0.1, -0.05) is 12.5 Å². The number of nitrogens with zero attached hydrogens (tertiary/aromatic N) is 3. The van der Waals surface area contributed by atoms with Gasteiger partial charge >= 0.3 is 0 Å². The first-order valence-electron chi connectivity index (χ1n) is 6.36. The first kappa shape index (κ1) is 15.3. The second kappa shape index (κ2) is 9.18. The third-order valence-electron chi connectivity index (χ3n) is 2.73. The van der Waals surface area contributed by atoms with Gasteiger partial charge < -0.3 is 0 Å². The number of nitro groups is 1. The average Bonchev–Trinajstić information content (AvgIpc) is 2.48. The molecule has 104 valence electrons. The molecule has 1 fully saturated rings. The topological polar surface area (TPSA) is 71.3 Å². The Morgan fingerprint density at radius 1 is 1.47 bits per heavy atom. The molecule has 1 aliphatic rings. The van der Waals surface area contributed by atoms with E-state index in [1.807, 2.05) is 18.5 Å². The molecule has 0 radical (unpaired) electrons. The zero-order chi connectivity index (χ0) is 13.9. The lowest BCUT2D eigenvalue weighted by molar-refractivity contribution is -0.401. The lowest BCUT2D eigenvalue weighted by atomic mass is 10.2. The van der Waals surface area contributed by atoms with Crippen LogP contribution in [0.1, 0.15) is 24.8 Å². The van der Waals surface area contributed by atoms with E-state index in [0.29, 0.717) is 6.20 Å². The van der Waals surface area contributed by atoms with Crippen LogP contribution in [0, 0.1) is 10.1 Å². The van der Waals surface area contributed by atoms with Crippen molar-refractivity contribution in [1.29, 1.82) is 0 Å². The molecule has 0 amide bonds. The maximum Gasteiger partial charge on any atom is 0.227 e. The van der Waals surface area contributed by atoms with Crippen molar-refractivity contribution in [2.24, 2.45) is 0 Å². The minimum absolute atomic E-state index is 0.611. The molecule has 0 aliphatic carbocycles. The minimum Gasteiger partial charge on any atom is -0.264 e. The Balaban J connectivity index is 0.000000312. The van der Waals surface area contributed by atoms with E-state index >= 15 is 0 Å². The molecule has 0 aromatic carbocycles. The van der Waals surface area contributed by atoms with Crippen LogP contribution in [0.3, 0.4) is 0 Å². The fourth-order valence-corrected chi connectivity index (χ4v) is 1.76. The highest BCUT2D eigenvalue weighted by atomic mass is 16.6. The van der Waals surface area contributed by atoms with Crippen LogP contribution in [0.2, 0.25) is 0 Å². The van der Waals surface area contributed by atoms with E-state index in [0.717, 1.165) is 6.54 Å². The summed E-state index contributed by atoms with van der Waals surface area (Å²) in [4.78, 5) is 12.5. The Bertz CT molecular complexity index is 377. The molecule has 0 unspecified atom stereocenters. The van der Waals surface area contributed by atoms with Crippen LogP contribution in [0.5, 0.6) is 0 Å². The first-order chi connectivity index (χ1) is 9.22. The Kier molecular flexibility index (Phi) is 7.38. The largest absolute Gasteiger partial charge is 0.264 e. The van der Waals surface area contributed by atoms with Crippen molar-refractivity contribution in [3.8, 4) is 0 Å². The van der Waals surface area contributed by atoms with Gasteiger partial charge in [0.15, 0.2) is 0 Å². The van der Waals surface area contributed by atoms with Gasteiger partial charge in [-0.15, -0.1) is 0 Å². The summed E-state index contributed by atoms with van der Waals surface area (Å²) in [6.07, 6.45) is 8.38. The maximum absolute atomic E-state index is 9.06. The highest BCUT2D eigenvalue weighted by molar-refractivity contribution is 5.07. The van der Waals surface area contributed by atoms with Gasteiger partial charge in [0.1, 0.15) is 0 Å². The third-order valence-corrected chi connectivity index (χ3v) is 2.73. The molecule has 0 bridgehead atoms. The van der Waals surface area contributed by atoms with Crippen LogP contribution in [-0.4, -0.2) is 28.0 Å². The van der Waals surface area contributed by atoms with Gasteiger partial charge in [0.2, 0.25) is 6.20 Å². The zero-order valence-electron chi connectivity index (χ0n) is 11.0. The molecule has 1 aromatic rings. The lowest BCUT2D eigenvalue weighted by Gasteiger charge is -2.27. The van der Waals surface area contributed by atoms with Gasteiger partial charge in [0.25, 0.3) is 0 Å². The molecule has 2 heterocycles. The summed E-state index contributed by atoms with van der Waals surface area (Å²) in [6, 6.07) is 4.08. The lowest BCUT2D eigenvalue weighted by Crippen LogP contribution is -2.41. The minimum atomic E-state index is -0.611. The molecule has 6 nitrogen and oxygen atoms in total. The molecule has 0 atom stereocenters. The van der Waals surface area contributed by atoms with Crippen molar-refractivity contribution in [3.05, 3.63) is 53.0 Å². The quantitative estimate of drug-likeness (QED) is 0.665. The molecule has 0 spiro atoms. The van der Waals surface area contributed by atoms with Crippen molar-refractivity contribution < 1.29 is 4.92 Å². The summed E-state index contributed by atoms with van der Waals surface area (Å²) in [5.41, 5.74) is 4.68. The molecular formula is C13H20N4O2. The SMILES string of the molecule is C=C[N+](=O)[O-].c1cncc(CNN2CCCCC2)c1. The number of rotatable bonds is 4. The third kappa shape index (κ3) is 7.28. The van der Waals surface area contributed by atoms with E-state index in [-0.39, 0.29) is 0 Å². The van der Waals surface area contributed by atoms with Crippen molar-refractivity contribution in [2.75, 3.05) is 13.1 Å². The Labute approximate surface area is 113 Å². The van der Waals surface area contributed by atoms with Gasteiger partial charge in [0.05, 0.1) is 4.92 Å². The van der Waals surface area contributed by atoms with E-state index in [1.54, 1.807) is 0 Å². The van der Waals surface area contributed by atoms with Crippen molar-refractivity contribution in [2.45, 2.75) is 25.8 Å². The van der Waals surface area contributed by atoms with E-state index < -0.39 is 4.92 Å². The number of pyridine rings is 1. The maximum atomic E-state index is 9.06. The Hall–Kier alpha value is -1.79. The normalized spacial score (nSPS) is 15.2. The monoisotopic (exact) mass is 264 g/mol. The fraction of sp³-hybridized carbons (Fsp3) is 0.462. The summed E-state index contributed by atoms with van der Waals surface area (Å²) in [6.45, 7) is 6.12. The number of hydrazine groups is 1. The summed E-state index contributed by atoms with van der Waals surface area (Å²) in [5, 5.41) is 11.4. The summed E-state index contributed by atoms with van der Waals surface area (Å²) >= 11 is 0. The smallest absolute Gasteiger partial charge is 0.227 e. The van der Waals surface area contributed by atoms with E-state index in [2.05, 4.69) is 28.1 Å². The van der Waals surface area contributed by atoms with Crippen LogP contribution in [0.25, 0.3) is 0 Å². The van der Waals surface area contributed by atoms with Gasteiger partial charge in [0, 0.05) is 32.0 Å². The van der Waals surface area contributed by atoms with Crippen molar-refractivity contribution >= 4 is 0 Å². The second-order valence-electron chi connectivity index (χ2n) is 4.21. The number of piperidine rings is 1. The molecular weight excluding hydrogens is 244 g/mol. The van der Waals surface area contributed by atoms with E-state index in [9.17, 15) is 0 Å². The van der Waals surface area contributed by atoms with Crippen molar-refractivity contribution in [1.82, 2.24) is 15.4 Å². The van der Waals surface area contributed by atoms with Crippen LogP contribution in [-0.2, 0) is 6.54 Å². The molecule has 1 saturated heterocycles. The Morgan fingerprint density at radius 3 is 2.68 bits per heavy atom. The van der Waals surface area contributed by atoms with Crippen molar-refractivity contribution in [3.63, 3.8) is 0 Å². The first-order valence-corrected chi connectivity index (χ1v) is 6.36. The zero-order valence-corrected chi connectivity index (χ0v) is 11.0. The second-order valence-corrected chi connectivity index (χ2v) is 4.21. The van der Waals surface area contributed by atoms with Gasteiger partial charge in [-0.2, -0.15) is 0 Å². The molecule has 6 heteroatoms. The number of aromatic nitrogens is 1. The predicted molar refractivity (Wildman–Crippen MR) is 73.7 cm³/mol. The molecule has 1 N–H and O–H groups in total. The summed E-state index contributed by atoms with van der Waals surface area (Å²) in [5.74, 6) is 0. The number of nitrogens with one attached hydrogen (secondary N) is 1. The van der Waals surface area contributed by atoms with Gasteiger partial charge in [-0.25, -0.2) is 5.01 Å². The number of hydrogen-bond acceptors (Lipinski definition) is 5. The standard InChI is InChI=1S/C11H17N3.C2H3NO2/c1-2-7-14(8-3-1)13-10-11-5-4-6-12-9-11;1-2-3(4)5/h4-6,9,13H,1-3,7-8,10H2;2H,1H2. The molecule has 1 aromatic heterocycles. The van der Waals surface area contributed by atoms with E-state index in [1.165, 1.54) is 37.9 Å². The van der Waals surface area contributed by atoms with Gasteiger partial charge in [-0.05, 0) is 31.1 Å². The predicted octanol–water partition coefficient (Wildman–Crippen LogP) is 1.98. The molecule has 2 rings (SSSR count). The molecule has 0 saturated carbocycles. The molecule has 19 heavy (non-hydrogen) atoms. The average molecular weight is 264 g/mol. The van der Waals surface area contributed by atoms with Crippen LogP contribution >= 0.6 is 0 Å². The highest BCUT2D eigenvalue weighted by Gasteiger charge is 2.08. The van der Waals surface area contributed by atoms with Crippen LogP contribution in [0.4, 0.5) is 0 Å².